The van der Waals surface area contributed by atoms with Crippen molar-refractivity contribution in [2.24, 2.45) is 5.92 Å². The van der Waals surface area contributed by atoms with Gasteiger partial charge < -0.3 is 14.8 Å². The molecule has 7 nitrogen and oxygen atoms in total. The average molecular weight is 382 g/mol. The van der Waals surface area contributed by atoms with Gasteiger partial charge in [0.1, 0.15) is 10.6 Å². The van der Waals surface area contributed by atoms with E-state index < -0.39 is 10.0 Å². The predicted octanol–water partition coefficient (Wildman–Crippen LogP) is 1.64. The van der Waals surface area contributed by atoms with Gasteiger partial charge in [0, 0.05) is 25.2 Å². The molecule has 144 valence electrons. The van der Waals surface area contributed by atoms with Gasteiger partial charge in [-0.2, -0.15) is 4.31 Å². The molecule has 0 atom stereocenters. The van der Waals surface area contributed by atoms with Crippen LogP contribution in [-0.4, -0.2) is 58.6 Å². The number of carbonyl (C=O) groups is 1. The zero-order valence-electron chi connectivity index (χ0n) is 15.1. The molecule has 1 saturated heterocycles. The van der Waals surface area contributed by atoms with Crippen LogP contribution < -0.4 is 10.1 Å². The molecule has 0 unspecified atom stereocenters. The summed E-state index contributed by atoms with van der Waals surface area (Å²) >= 11 is 0. The fourth-order valence-corrected chi connectivity index (χ4v) is 5.09. The third-order valence-electron chi connectivity index (χ3n) is 5.04. The summed E-state index contributed by atoms with van der Waals surface area (Å²) in [7, 11) is -2.32. The van der Waals surface area contributed by atoms with Crippen LogP contribution in [0.1, 0.15) is 36.0 Å². The number of methoxy groups -OCH3 is 1. The van der Waals surface area contributed by atoms with Crippen molar-refractivity contribution in [2.75, 3.05) is 40.0 Å². The fraction of sp³-hybridized carbons (Fsp3) is 0.611. The quantitative estimate of drug-likeness (QED) is 0.808. The molecular formula is C18H26N2O5S. The third kappa shape index (κ3) is 4.19. The Morgan fingerprint density at radius 2 is 1.96 bits per heavy atom. The molecule has 3 rings (SSSR count). The van der Waals surface area contributed by atoms with Crippen LogP contribution >= 0.6 is 0 Å². The lowest BCUT2D eigenvalue weighted by Crippen LogP contribution is -2.40. The Labute approximate surface area is 154 Å². The Hall–Kier alpha value is -1.64. The fourth-order valence-electron chi connectivity index (χ4n) is 3.50. The van der Waals surface area contributed by atoms with E-state index in [9.17, 15) is 13.2 Å². The van der Waals surface area contributed by atoms with Crippen LogP contribution in [0, 0.1) is 5.92 Å². The molecule has 0 spiro atoms. The molecule has 8 heteroatoms. The van der Waals surface area contributed by atoms with Crippen LogP contribution in [0.5, 0.6) is 5.75 Å². The maximum Gasteiger partial charge on any atom is 0.251 e. The van der Waals surface area contributed by atoms with Gasteiger partial charge in [0.05, 0.1) is 20.3 Å². The number of nitrogens with zero attached hydrogens (tertiary/aromatic N) is 1. The molecular weight excluding hydrogens is 356 g/mol. The van der Waals surface area contributed by atoms with E-state index in [0.29, 0.717) is 44.3 Å². The number of sulfonamides is 1. The largest absolute Gasteiger partial charge is 0.495 e. The highest BCUT2D eigenvalue weighted by molar-refractivity contribution is 7.89. The predicted molar refractivity (Wildman–Crippen MR) is 96.9 cm³/mol. The molecule has 0 bridgehead atoms. The second kappa shape index (κ2) is 8.37. The van der Waals surface area contributed by atoms with Crippen molar-refractivity contribution in [1.82, 2.24) is 9.62 Å². The normalized spacial score (nSPS) is 19.4. The van der Waals surface area contributed by atoms with Gasteiger partial charge in [0.15, 0.2) is 0 Å². The van der Waals surface area contributed by atoms with Crippen molar-refractivity contribution < 1.29 is 22.7 Å². The Kier molecular flexibility index (Phi) is 6.16. The monoisotopic (exact) mass is 382 g/mol. The summed E-state index contributed by atoms with van der Waals surface area (Å²) in [5.74, 6) is 0.510. The first-order valence-electron chi connectivity index (χ1n) is 9.06. The van der Waals surface area contributed by atoms with E-state index in [4.69, 9.17) is 9.47 Å². The maximum atomic E-state index is 13.0. The van der Waals surface area contributed by atoms with Crippen molar-refractivity contribution >= 4 is 15.9 Å². The first-order valence-corrected chi connectivity index (χ1v) is 10.5. The summed E-state index contributed by atoms with van der Waals surface area (Å²) in [6.07, 6.45) is 4.70. The number of benzene rings is 1. The minimum absolute atomic E-state index is 0.0235. The highest BCUT2D eigenvalue weighted by Gasteiger charge is 2.30. The summed E-state index contributed by atoms with van der Waals surface area (Å²) in [4.78, 5) is 12.5. The van der Waals surface area contributed by atoms with Crippen molar-refractivity contribution in [2.45, 2.75) is 30.6 Å². The first kappa shape index (κ1) is 19.1. The lowest BCUT2D eigenvalue weighted by Gasteiger charge is -2.26. The maximum absolute atomic E-state index is 13.0. The van der Waals surface area contributed by atoms with E-state index in [0.717, 1.165) is 12.8 Å². The van der Waals surface area contributed by atoms with Gasteiger partial charge in [-0.1, -0.05) is 12.8 Å². The summed E-state index contributed by atoms with van der Waals surface area (Å²) in [5, 5.41) is 2.93. The molecule has 1 N–H and O–H groups in total. The average Bonchev–Trinajstić information content (AvgIpc) is 3.20. The number of hydrogen-bond donors (Lipinski definition) is 1. The molecule has 1 aromatic carbocycles. The van der Waals surface area contributed by atoms with Crippen LogP contribution in [0.3, 0.4) is 0 Å². The molecule has 1 aromatic rings. The standard InChI is InChI=1S/C18H26N2O5S/c1-24-16-7-6-15(18(21)19-13-14-4-2-3-5-14)12-17(16)26(22,23)20-8-10-25-11-9-20/h6-7,12,14H,2-5,8-11,13H2,1H3,(H,19,21). The van der Waals surface area contributed by atoms with E-state index in [1.165, 1.54) is 36.4 Å². The van der Waals surface area contributed by atoms with Crippen molar-refractivity contribution in [3.8, 4) is 5.75 Å². The van der Waals surface area contributed by atoms with Gasteiger partial charge in [-0.25, -0.2) is 8.42 Å². The van der Waals surface area contributed by atoms with Gasteiger partial charge in [-0.3, -0.25) is 4.79 Å². The molecule has 1 saturated carbocycles. The first-order chi connectivity index (χ1) is 12.5. The zero-order chi connectivity index (χ0) is 18.6. The molecule has 0 aromatic heterocycles. The molecule has 2 fully saturated rings. The van der Waals surface area contributed by atoms with Crippen molar-refractivity contribution in [1.29, 1.82) is 0 Å². The number of morpholine rings is 1. The van der Waals surface area contributed by atoms with Crippen LogP contribution in [0.2, 0.25) is 0 Å². The minimum Gasteiger partial charge on any atom is -0.495 e. The molecule has 1 heterocycles. The van der Waals surface area contributed by atoms with E-state index in [1.807, 2.05) is 0 Å². The molecule has 2 aliphatic rings. The summed E-state index contributed by atoms with van der Waals surface area (Å²) < 4.78 is 37.8. The SMILES string of the molecule is COc1ccc(C(=O)NCC2CCCC2)cc1S(=O)(=O)N1CCOCC1. The Bertz CT molecular complexity index is 738. The molecule has 26 heavy (non-hydrogen) atoms. The zero-order valence-corrected chi connectivity index (χ0v) is 15.9. The van der Waals surface area contributed by atoms with Crippen LogP contribution in [-0.2, 0) is 14.8 Å². The molecule has 0 radical (unpaired) electrons. The summed E-state index contributed by atoms with van der Waals surface area (Å²) in [6, 6.07) is 4.55. The van der Waals surface area contributed by atoms with Crippen molar-refractivity contribution in [3.05, 3.63) is 23.8 Å². The lowest BCUT2D eigenvalue weighted by atomic mass is 10.1. The van der Waals surface area contributed by atoms with E-state index in [1.54, 1.807) is 6.07 Å². The summed E-state index contributed by atoms with van der Waals surface area (Å²) in [6.45, 7) is 1.95. The Morgan fingerprint density at radius 1 is 1.27 bits per heavy atom. The molecule has 1 amide bonds. The smallest absolute Gasteiger partial charge is 0.251 e. The second-order valence-corrected chi connectivity index (χ2v) is 8.65. The van der Waals surface area contributed by atoms with Crippen LogP contribution in [0.15, 0.2) is 23.1 Å². The Balaban J connectivity index is 1.80. The highest BCUT2D eigenvalue weighted by atomic mass is 32.2. The van der Waals surface area contributed by atoms with E-state index >= 15 is 0 Å². The van der Waals surface area contributed by atoms with Gasteiger partial charge in [0.2, 0.25) is 10.0 Å². The number of carbonyl (C=O) groups excluding carboxylic acids is 1. The third-order valence-corrected chi connectivity index (χ3v) is 6.96. The van der Waals surface area contributed by atoms with Gasteiger partial charge >= 0.3 is 0 Å². The number of amides is 1. The van der Waals surface area contributed by atoms with Gasteiger partial charge in [0.25, 0.3) is 5.91 Å². The molecule has 1 aliphatic heterocycles. The van der Waals surface area contributed by atoms with Crippen LogP contribution in [0.25, 0.3) is 0 Å². The van der Waals surface area contributed by atoms with Crippen LogP contribution in [0.4, 0.5) is 0 Å². The summed E-state index contributed by atoms with van der Waals surface area (Å²) in [5.41, 5.74) is 0.329. The Morgan fingerprint density at radius 3 is 2.62 bits per heavy atom. The number of hydrogen-bond acceptors (Lipinski definition) is 5. The van der Waals surface area contributed by atoms with E-state index in [2.05, 4.69) is 5.32 Å². The minimum atomic E-state index is -3.74. The molecule has 1 aliphatic carbocycles. The van der Waals surface area contributed by atoms with Gasteiger partial charge in [-0.15, -0.1) is 0 Å². The lowest BCUT2D eigenvalue weighted by molar-refractivity contribution is 0.0729. The number of rotatable bonds is 6. The van der Waals surface area contributed by atoms with Crippen molar-refractivity contribution in [3.63, 3.8) is 0 Å². The highest BCUT2D eigenvalue weighted by Crippen LogP contribution is 2.29. The van der Waals surface area contributed by atoms with E-state index in [-0.39, 0.29) is 16.6 Å². The second-order valence-electron chi connectivity index (χ2n) is 6.74. The van der Waals surface area contributed by atoms with Gasteiger partial charge in [-0.05, 0) is 37.0 Å². The number of nitrogens with one attached hydrogen (secondary N) is 1. The number of ether oxygens (including phenoxy) is 2. The topological polar surface area (TPSA) is 84.9 Å².